The zero-order valence-electron chi connectivity index (χ0n) is 8.16. The zero-order chi connectivity index (χ0) is 9.68. The van der Waals surface area contributed by atoms with E-state index in [1.807, 2.05) is 11.8 Å². The normalized spacial score (nSPS) is 26.0. The molecule has 0 heterocycles. The van der Waals surface area contributed by atoms with Crippen molar-refractivity contribution in [1.29, 1.82) is 0 Å². The highest BCUT2D eigenvalue weighted by molar-refractivity contribution is 8.00. The molecule has 2 atom stereocenters. The first-order valence-corrected chi connectivity index (χ1v) is 5.94. The summed E-state index contributed by atoms with van der Waals surface area (Å²) in [6.45, 7) is 2.38. The van der Waals surface area contributed by atoms with Crippen molar-refractivity contribution in [3.63, 3.8) is 0 Å². The van der Waals surface area contributed by atoms with Crippen LogP contribution in [0.15, 0.2) is 0 Å². The van der Waals surface area contributed by atoms with E-state index in [1.165, 1.54) is 6.42 Å². The van der Waals surface area contributed by atoms with Crippen molar-refractivity contribution < 1.29 is 9.90 Å². The Bertz CT molecular complexity index is 170. The number of carbonyl (C=O) groups excluding carboxylic acids is 1. The van der Waals surface area contributed by atoms with Crippen molar-refractivity contribution in [2.24, 2.45) is 0 Å². The number of hydrogen-bond donors (Lipinski definition) is 1. The fourth-order valence-electron chi connectivity index (χ4n) is 1.68. The van der Waals surface area contributed by atoms with Crippen molar-refractivity contribution in [3.8, 4) is 0 Å². The summed E-state index contributed by atoms with van der Waals surface area (Å²) < 4.78 is 0. The number of aliphatic hydroxyl groups excluding tert-OH is 1. The fourth-order valence-corrected chi connectivity index (χ4v) is 3.16. The van der Waals surface area contributed by atoms with Crippen LogP contribution in [-0.4, -0.2) is 28.0 Å². The average molecular weight is 202 g/mol. The minimum absolute atomic E-state index is 0.259. The lowest BCUT2D eigenvalue weighted by molar-refractivity contribution is -0.120. The molecule has 0 radical (unpaired) electrons. The van der Waals surface area contributed by atoms with Gasteiger partial charge in [-0.15, -0.1) is 0 Å². The molecule has 1 aliphatic rings. The quantitative estimate of drug-likeness (QED) is 0.757. The highest BCUT2D eigenvalue weighted by Gasteiger charge is 2.21. The summed E-state index contributed by atoms with van der Waals surface area (Å²) in [5, 5.41) is 9.74. The number of aliphatic hydroxyl groups is 1. The van der Waals surface area contributed by atoms with Gasteiger partial charge in [0.15, 0.2) is 0 Å². The Balaban J connectivity index is 2.23. The Morgan fingerprint density at radius 2 is 2.46 bits per heavy atom. The molecule has 1 aliphatic carbocycles. The molecule has 0 aliphatic heterocycles. The van der Waals surface area contributed by atoms with Gasteiger partial charge in [-0.25, -0.2) is 0 Å². The molecule has 13 heavy (non-hydrogen) atoms. The van der Waals surface area contributed by atoms with Crippen LogP contribution in [0.5, 0.6) is 0 Å². The van der Waals surface area contributed by atoms with E-state index in [0.717, 1.165) is 25.7 Å². The van der Waals surface area contributed by atoms with Gasteiger partial charge < -0.3 is 5.11 Å². The summed E-state index contributed by atoms with van der Waals surface area (Å²) in [5.74, 6) is 0.417. The van der Waals surface area contributed by atoms with Gasteiger partial charge in [-0.1, -0.05) is 6.92 Å². The third-order valence-corrected chi connectivity index (χ3v) is 3.89. The third-order valence-electron chi connectivity index (χ3n) is 2.40. The second kappa shape index (κ2) is 5.66. The molecule has 3 heteroatoms. The van der Waals surface area contributed by atoms with E-state index in [9.17, 15) is 4.79 Å². The Labute approximate surface area is 84.1 Å². The summed E-state index contributed by atoms with van der Waals surface area (Å²) in [6, 6.07) is 0. The first kappa shape index (κ1) is 11.1. The minimum Gasteiger partial charge on any atom is -0.396 e. The molecule has 0 aromatic heterocycles. The lowest BCUT2D eigenvalue weighted by Gasteiger charge is -2.23. The van der Waals surface area contributed by atoms with Crippen LogP contribution in [0.3, 0.4) is 0 Å². The molecule has 1 rings (SSSR count). The zero-order valence-corrected chi connectivity index (χ0v) is 8.98. The smallest absolute Gasteiger partial charge is 0.134 e. The van der Waals surface area contributed by atoms with Crippen molar-refractivity contribution >= 4 is 17.5 Å². The van der Waals surface area contributed by atoms with Crippen LogP contribution in [-0.2, 0) is 4.79 Å². The lowest BCUT2D eigenvalue weighted by atomic mass is 9.99. The van der Waals surface area contributed by atoms with Crippen LogP contribution in [0.25, 0.3) is 0 Å². The average Bonchev–Trinajstić information content (AvgIpc) is 2.04. The van der Waals surface area contributed by atoms with Gasteiger partial charge in [-0.05, 0) is 19.3 Å². The maximum absolute atomic E-state index is 11.2. The van der Waals surface area contributed by atoms with Gasteiger partial charge in [0.1, 0.15) is 5.78 Å². The van der Waals surface area contributed by atoms with Crippen molar-refractivity contribution in [1.82, 2.24) is 0 Å². The summed E-state index contributed by atoms with van der Waals surface area (Å²) in [4.78, 5) is 11.2. The van der Waals surface area contributed by atoms with Crippen LogP contribution in [0.4, 0.5) is 0 Å². The van der Waals surface area contributed by atoms with Gasteiger partial charge >= 0.3 is 0 Å². The summed E-state index contributed by atoms with van der Waals surface area (Å²) >= 11 is 1.87. The largest absolute Gasteiger partial charge is 0.396 e. The molecule has 0 spiro atoms. The molecule has 2 unspecified atom stereocenters. The third kappa shape index (κ3) is 4.14. The SMILES string of the molecule is CC(CCO)SC1CCCC(=O)C1. The standard InChI is InChI=1S/C10H18O2S/c1-8(5-6-11)13-10-4-2-3-9(12)7-10/h8,10-11H,2-7H2,1H3. The highest BCUT2D eigenvalue weighted by Crippen LogP contribution is 2.30. The molecule has 1 N–H and O–H groups in total. The first-order chi connectivity index (χ1) is 6.22. The maximum atomic E-state index is 11.2. The van der Waals surface area contributed by atoms with Gasteiger partial charge in [0.25, 0.3) is 0 Å². The number of rotatable bonds is 4. The van der Waals surface area contributed by atoms with Crippen LogP contribution < -0.4 is 0 Å². The molecule has 0 bridgehead atoms. The van der Waals surface area contributed by atoms with Gasteiger partial charge in [0.2, 0.25) is 0 Å². The highest BCUT2D eigenvalue weighted by atomic mass is 32.2. The summed E-state index contributed by atoms with van der Waals surface area (Å²) in [6.07, 6.45) is 4.61. The van der Waals surface area contributed by atoms with E-state index in [1.54, 1.807) is 0 Å². The number of carbonyl (C=O) groups is 1. The van der Waals surface area contributed by atoms with Crippen molar-refractivity contribution in [2.75, 3.05) is 6.61 Å². The fraction of sp³-hybridized carbons (Fsp3) is 0.900. The van der Waals surface area contributed by atoms with Gasteiger partial charge in [0, 0.05) is 29.9 Å². The van der Waals surface area contributed by atoms with E-state index < -0.39 is 0 Å². The van der Waals surface area contributed by atoms with Crippen LogP contribution in [0.2, 0.25) is 0 Å². The van der Waals surface area contributed by atoms with E-state index >= 15 is 0 Å². The van der Waals surface area contributed by atoms with Crippen molar-refractivity contribution in [3.05, 3.63) is 0 Å². The van der Waals surface area contributed by atoms with E-state index in [2.05, 4.69) is 6.92 Å². The summed E-state index contributed by atoms with van der Waals surface area (Å²) in [5.41, 5.74) is 0. The van der Waals surface area contributed by atoms with E-state index in [-0.39, 0.29) is 6.61 Å². The molecule has 0 saturated heterocycles. The van der Waals surface area contributed by atoms with Gasteiger partial charge in [0.05, 0.1) is 0 Å². The van der Waals surface area contributed by atoms with Gasteiger partial charge in [-0.3, -0.25) is 4.79 Å². The molecule has 2 nitrogen and oxygen atoms in total. The number of hydrogen-bond acceptors (Lipinski definition) is 3. The topological polar surface area (TPSA) is 37.3 Å². The predicted octanol–water partition coefficient (Wildman–Crippen LogP) is 2.00. The first-order valence-electron chi connectivity index (χ1n) is 5.00. The molecular weight excluding hydrogens is 184 g/mol. The van der Waals surface area contributed by atoms with E-state index in [0.29, 0.717) is 16.3 Å². The van der Waals surface area contributed by atoms with E-state index in [4.69, 9.17) is 5.11 Å². The molecule has 76 valence electrons. The molecule has 0 aromatic rings. The van der Waals surface area contributed by atoms with Gasteiger partial charge in [-0.2, -0.15) is 11.8 Å². The second-order valence-corrected chi connectivity index (χ2v) is 5.46. The molecule has 0 aromatic carbocycles. The molecule has 1 saturated carbocycles. The minimum atomic E-state index is 0.259. The molecular formula is C10H18O2S. The Morgan fingerprint density at radius 3 is 3.08 bits per heavy atom. The number of Topliss-reactive ketones (excluding diaryl/α,β-unsaturated/α-hetero) is 1. The predicted molar refractivity (Wildman–Crippen MR) is 56.0 cm³/mol. The van der Waals surface area contributed by atoms with Crippen molar-refractivity contribution in [2.45, 2.75) is 49.5 Å². The Hall–Kier alpha value is -0.0200. The maximum Gasteiger partial charge on any atom is 0.134 e. The Morgan fingerprint density at radius 1 is 1.69 bits per heavy atom. The number of thioether (sulfide) groups is 1. The monoisotopic (exact) mass is 202 g/mol. The van der Waals surface area contributed by atoms with Crippen LogP contribution in [0.1, 0.15) is 39.0 Å². The Kier molecular flexibility index (Phi) is 4.81. The number of ketones is 1. The lowest BCUT2D eigenvalue weighted by Crippen LogP contribution is -2.19. The van der Waals surface area contributed by atoms with Crippen LogP contribution >= 0.6 is 11.8 Å². The van der Waals surface area contributed by atoms with Crippen LogP contribution in [0, 0.1) is 0 Å². The summed E-state index contributed by atoms with van der Waals surface area (Å²) in [7, 11) is 0. The molecule has 0 amide bonds. The second-order valence-electron chi connectivity index (χ2n) is 3.72. The molecule has 1 fully saturated rings.